The van der Waals surface area contributed by atoms with Crippen molar-refractivity contribution >= 4 is 49.2 Å². The van der Waals surface area contributed by atoms with E-state index in [2.05, 4.69) is 9.97 Å². The minimum atomic E-state index is -5.52. The first kappa shape index (κ1) is 38.6. The van der Waals surface area contributed by atoms with E-state index in [1.54, 1.807) is 19.9 Å². The molecule has 19 heteroatoms. The van der Waals surface area contributed by atoms with E-state index in [9.17, 15) is 14.4 Å². The van der Waals surface area contributed by atoms with E-state index in [0.29, 0.717) is 30.4 Å². The van der Waals surface area contributed by atoms with Gasteiger partial charge in [0.1, 0.15) is 35.5 Å². The zero-order valence-corrected chi connectivity index (χ0v) is 30.4. The summed E-state index contributed by atoms with van der Waals surface area (Å²) in [6.07, 6.45) is -11.1. The van der Waals surface area contributed by atoms with Crippen LogP contribution < -0.4 is 15.4 Å². The number of benzene rings is 2. The van der Waals surface area contributed by atoms with Crippen LogP contribution in [0.3, 0.4) is 0 Å². The summed E-state index contributed by atoms with van der Waals surface area (Å²) < 4.78 is 133. The summed E-state index contributed by atoms with van der Waals surface area (Å²) in [7, 11) is 0. The third-order valence-corrected chi connectivity index (χ3v) is 11.7. The van der Waals surface area contributed by atoms with Gasteiger partial charge < -0.3 is 25.0 Å². The maximum absolute atomic E-state index is 15.7. The summed E-state index contributed by atoms with van der Waals surface area (Å²) in [5.74, 6) is -1.30. The van der Waals surface area contributed by atoms with E-state index in [1.165, 1.54) is 9.80 Å². The lowest BCUT2D eigenvalue weighted by Crippen LogP contribution is -2.43. The Balaban J connectivity index is 1.51. The van der Waals surface area contributed by atoms with Crippen LogP contribution in [0.15, 0.2) is 18.2 Å². The Hall–Kier alpha value is -4.70. The van der Waals surface area contributed by atoms with Crippen LogP contribution in [0, 0.1) is 17.1 Å². The van der Waals surface area contributed by atoms with Crippen molar-refractivity contribution in [2.75, 3.05) is 56.6 Å². The highest BCUT2D eigenvalue weighted by Crippen LogP contribution is 2.52. The standard InChI is InChI=1S/C36H35F8N7O3S/c1-3-51(19-8-11-49(16-19)33(52)53-4-2)31-21-12-23(35(39,40)41)26(20-6-7-24(38)29-25(20)22(14-45)30(46)55-29)27(36(42,43)44)28(21)47-32(48-31)54-17-34-9-5-10-50(34)15-18(37)13-34/h6-7,12,18-19H,3-5,8-11,13,15-17,46H2,1-2H3/t18-,19+,34+/m1/s1. The SMILES string of the molecule is CCOC(=O)N1CC[C@H](N(CC)c2nc(OC[C@@]34CCCN3C[C@H](F)C4)nc3c(C(F)(F)F)c(-c4ccc(F)c5sc(N)c(C#N)c45)c(C(F)(F)F)cc23)C1. The van der Waals surface area contributed by atoms with Gasteiger partial charge in [-0.15, -0.1) is 11.3 Å². The van der Waals surface area contributed by atoms with Gasteiger partial charge in [0.05, 0.1) is 39.1 Å². The zero-order chi connectivity index (χ0) is 39.6. The number of nitrogen functional groups attached to an aromatic ring is 1. The van der Waals surface area contributed by atoms with Crippen LogP contribution in [0.5, 0.6) is 6.01 Å². The van der Waals surface area contributed by atoms with Gasteiger partial charge in [0.15, 0.2) is 0 Å². The largest absolute Gasteiger partial charge is 0.461 e. The molecule has 5 heterocycles. The molecule has 3 aliphatic rings. The Morgan fingerprint density at radius 2 is 1.91 bits per heavy atom. The van der Waals surface area contributed by atoms with Gasteiger partial charge >= 0.3 is 24.5 Å². The number of nitrogens with zero attached hydrogens (tertiary/aromatic N) is 6. The van der Waals surface area contributed by atoms with Crippen molar-refractivity contribution in [1.29, 1.82) is 5.26 Å². The van der Waals surface area contributed by atoms with Crippen molar-refractivity contribution in [1.82, 2.24) is 19.8 Å². The molecule has 2 N–H and O–H groups in total. The summed E-state index contributed by atoms with van der Waals surface area (Å²) in [5, 5.41) is 8.48. The molecule has 3 saturated heterocycles. The number of carbonyl (C=O) groups excluding carboxylic acids is 1. The number of likely N-dealkylation sites (N-methyl/N-ethyl adjacent to an activating group) is 1. The molecular formula is C36H35F8N7O3S. The number of amides is 1. The molecule has 2 aromatic heterocycles. The van der Waals surface area contributed by atoms with E-state index in [-0.39, 0.29) is 63.1 Å². The quantitative estimate of drug-likeness (QED) is 0.176. The van der Waals surface area contributed by atoms with Gasteiger partial charge in [-0.05, 0) is 57.4 Å². The Morgan fingerprint density at radius 3 is 2.58 bits per heavy atom. The number of halogens is 8. The Labute approximate surface area is 313 Å². The average molecular weight is 798 g/mol. The number of likely N-dealkylation sites (tertiary alicyclic amines) is 1. The minimum Gasteiger partial charge on any atom is -0.461 e. The van der Waals surface area contributed by atoms with Crippen molar-refractivity contribution < 1.29 is 49.4 Å². The van der Waals surface area contributed by atoms with Crippen LogP contribution >= 0.6 is 11.3 Å². The Morgan fingerprint density at radius 1 is 1.15 bits per heavy atom. The molecule has 3 atom stereocenters. The Bertz CT molecular complexity index is 2210. The molecule has 10 nitrogen and oxygen atoms in total. The van der Waals surface area contributed by atoms with Gasteiger partial charge in [0.25, 0.3) is 0 Å². The van der Waals surface area contributed by atoms with Crippen molar-refractivity contribution in [2.24, 2.45) is 0 Å². The molecule has 0 bridgehead atoms. The highest BCUT2D eigenvalue weighted by atomic mass is 32.1. The second-order valence-corrected chi connectivity index (χ2v) is 14.9. The first-order chi connectivity index (χ1) is 26.0. The third-order valence-electron chi connectivity index (χ3n) is 10.7. The number of anilines is 2. The van der Waals surface area contributed by atoms with Crippen LogP contribution in [-0.4, -0.2) is 89.6 Å². The molecule has 0 aliphatic carbocycles. The van der Waals surface area contributed by atoms with Gasteiger partial charge in [0.2, 0.25) is 0 Å². The number of rotatable bonds is 8. The summed E-state index contributed by atoms with van der Waals surface area (Å²) in [6, 6.07) is 2.52. The molecule has 3 fully saturated rings. The number of nitriles is 1. The van der Waals surface area contributed by atoms with Crippen LogP contribution in [0.25, 0.3) is 32.1 Å². The molecule has 294 valence electrons. The Kier molecular flexibility index (Phi) is 9.89. The molecule has 0 spiro atoms. The molecule has 1 amide bonds. The first-order valence-electron chi connectivity index (χ1n) is 17.7. The van der Waals surface area contributed by atoms with Gasteiger partial charge in [0, 0.05) is 55.0 Å². The second kappa shape index (κ2) is 14.1. The van der Waals surface area contributed by atoms with E-state index in [4.69, 9.17) is 15.2 Å². The average Bonchev–Trinajstić information content (AvgIpc) is 3.89. The fourth-order valence-electron chi connectivity index (χ4n) is 8.41. The number of nitrogens with two attached hydrogens (primary N) is 1. The minimum absolute atomic E-state index is 0.0325. The zero-order valence-electron chi connectivity index (χ0n) is 29.6. The normalized spacial score (nSPS) is 21.7. The molecule has 0 saturated carbocycles. The summed E-state index contributed by atoms with van der Waals surface area (Å²) in [4.78, 5) is 26.0. The van der Waals surface area contributed by atoms with Gasteiger partial charge in [-0.2, -0.15) is 41.6 Å². The number of aromatic nitrogens is 2. The summed E-state index contributed by atoms with van der Waals surface area (Å²) in [6.45, 7) is 4.17. The van der Waals surface area contributed by atoms with E-state index in [1.807, 2.05) is 4.90 Å². The van der Waals surface area contributed by atoms with E-state index >= 15 is 30.7 Å². The number of ether oxygens (including phenoxy) is 2. The number of alkyl halides is 7. The van der Waals surface area contributed by atoms with Crippen molar-refractivity contribution in [3.05, 3.63) is 40.7 Å². The van der Waals surface area contributed by atoms with Gasteiger partial charge in [-0.1, -0.05) is 6.07 Å². The van der Waals surface area contributed by atoms with E-state index in [0.717, 1.165) is 18.6 Å². The van der Waals surface area contributed by atoms with Crippen LogP contribution in [0.4, 0.5) is 50.7 Å². The van der Waals surface area contributed by atoms with Crippen LogP contribution in [0.1, 0.15) is 56.2 Å². The maximum Gasteiger partial charge on any atom is 0.419 e. The highest BCUT2D eigenvalue weighted by molar-refractivity contribution is 7.23. The summed E-state index contributed by atoms with van der Waals surface area (Å²) >= 11 is 0.524. The molecule has 2 aromatic carbocycles. The van der Waals surface area contributed by atoms with Gasteiger partial charge in [-0.25, -0.2) is 13.6 Å². The van der Waals surface area contributed by atoms with Crippen LogP contribution in [-0.2, 0) is 17.1 Å². The van der Waals surface area contributed by atoms with E-state index < -0.39 is 96.8 Å². The first-order valence-corrected chi connectivity index (χ1v) is 18.5. The smallest absolute Gasteiger partial charge is 0.419 e. The second-order valence-electron chi connectivity index (χ2n) is 13.9. The van der Waals surface area contributed by atoms with Crippen LogP contribution in [0.2, 0.25) is 0 Å². The molecule has 4 aromatic rings. The van der Waals surface area contributed by atoms with Crippen molar-refractivity contribution in [3.8, 4) is 23.2 Å². The molecular weight excluding hydrogens is 762 g/mol. The predicted octanol–water partition coefficient (Wildman–Crippen LogP) is 8.15. The third kappa shape index (κ3) is 6.70. The fraction of sp³-hybridized carbons (Fsp3) is 0.500. The molecule has 55 heavy (non-hydrogen) atoms. The van der Waals surface area contributed by atoms with Crippen molar-refractivity contribution in [3.63, 3.8) is 0 Å². The monoisotopic (exact) mass is 797 g/mol. The number of hydrogen-bond acceptors (Lipinski definition) is 10. The molecule has 0 unspecified atom stereocenters. The lowest BCUT2D eigenvalue weighted by atomic mass is 9.88. The molecule has 3 aliphatic heterocycles. The van der Waals surface area contributed by atoms with Crippen molar-refractivity contribution in [2.45, 2.75) is 69.6 Å². The highest BCUT2D eigenvalue weighted by Gasteiger charge is 2.50. The fourth-order valence-corrected chi connectivity index (χ4v) is 9.36. The lowest BCUT2D eigenvalue weighted by molar-refractivity contribution is -0.141. The number of carbonyl (C=O) groups is 1. The van der Waals surface area contributed by atoms with Gasteiger partial charge in [-0.3, -0.25) is 4.90 Å². The number of fused-ring (bicyclic) bond motifs is 3. The molecule has 7 rings (SSSR count). The molecule has 0 radical (unpaired) electrons. The number of hydrogen-bond donors (Lipinski definition) is 1. The topological polar surface area (TPSA) is 121 Å². The summed E-state index contributed by atoms with van der Waals surface area (Å²) in [5.41, 5.74) is -1.92. The maximum atomic E-state index is 15.7. The number of thiophene rings is 1. The predicted molar refractivity (Wildman–Crippen MR) is 188 cm³/mol. The lowest BCUT2D eigenvalue weighted by Gasteiger charge is -2.32.